The molecule has 0 aliphatic rings. The molecule has 0 bridgehead atoms. The predicted molar refractivity (Wildman–Crippen MR) is 72.7 cm³/mol. The molecule has 0 N–H and O–H groups in total. The maximum absolute atomic E-state index is 13.4. The highest BCUT2D eigenvalue weighted by molar-refractivity contribution is 6.06. The Hall–Kier alpha value is -3.10. The van der Waals surface area contributed by atoms with Gasteiger partial charge in [-0.2, -0.15) is 0 Å². The summed E-state index contributed by atoms with van der Waals surface area (Å²) in [6, 6.07) is 4.23. The topological polar surface area (TPSA) is 60.2 Å². The summed E-state index contributed by atoms with van der Waals surface area (Å²) in [6.07, 6.45) is 1.04. The van der Waals surface area contributed by atoms with Gasteiger partial charge in [0, 0.05) is 17.7 Å². The van der Waals surface area contributed by atoms with Gasteiger partial charge in [0.1, 0.15) is 0 Å². The van der Waals surface area contributed by atoms with E-state index in [1.807, 2.05) is 0 Å². The molecule has 0 saturated carbocycles. The standard InChI is InChI=1S/C15H6F5NO3/c16-11-9(12(17)14(19)15(20)13(11)18)5-6-10(22)7-1-3-8(4-2-7)21(23)24/h1-6H/b6-5+. The second-order valence-corrected chi connectivity index (χ2v) is 4.49. The lowest BCUT2D eigenvalue weighted by Crippen LogP contribution is -2.04. The van der Waals surface area contributed by atoms with Crippen molar-refractivity contribution in [1.82, 2.24) is 0 Å². The van der Waals surface area contributed by atoms with Gasteiger partial charge in [0.05, 0.1) is 10.5 Å². The number of non-ortho nitro benzene ring substituents is 1. The zero-order valence-electron chi connectivity index (χ0n) is 11.5. The van der Waals surface area contributed by atoms with Crippen molar-refractivity contribution in [1.29, 1.82) is 0 Å². The molecule has 4 nitrogen and oxygen atoms in total. The molecule has 9 heteroatoms. The van der Waals surface area contributed by atoms with E-state index in [-0.39, 0.29) is 11.3 Å². The van der Waals surface area contributed by atoms with Gasteiger partial charge in [0.15, 0.2) is 29.1 Å². The van der Waals surface area contributed by atoms with Crippen molar-refractivity contribution >= 4 is 17.5 Å². The van der Waals surface area contributed by atoms with Gasteiger partial charge >= 0.3 is 0 Å². The first-order valence-corrected chi connectivity index (χ1v) is 6.22. The number of halogens is 5. The summed E-state index contributed by atoms with van der Waals surface area (Å²) in [7, 11) is 0. The summed E-state index contributed by atoms with van der Waals surface area (Å²) < 4.78 is 65.8. The molecule has 0 spiro atoms. The fourth-order valence-corrected chi connectivity index (χ4v) is 1.77. The van der Waals surface area contributed by atoms with Crippen molar-refractivity contribution in [3.63, 3.8) is 0 Å². The Morgan fingerprint density at radius 2 is 1.33 bits per heavy atom. The molecule has 0 radical (unpaired) electrons. The summed E-state index contributed by atoms with van der Waals surface area (Å²) in [4.78, 5) is 21.6. The fourth-order valence-electron chi connectivity index (χ4n) is 1.77. The largest absolute Gasteiger partial charge is 0.289 e. The van der Waals surface area contributed by atoms with Crippen molar-refractivity contribution in [3.8, 4) is 0 Å². The van der Waals surface area contributed by atoms with Gasteiger partial charge < -0.3 is 0 Å². The third-order valence-electron chi connectivity index (χ3n) is 3.01. The number of carbonyl (C=O) groups excluding carboxylic acids is 1. The number of hydrogen-bond acceptors (Lipinski definition) is 3. The first-order valence-electron chi connectivity index (χ1n) is 6.22. The van der Waals surface area contributed by atoms with E-state index in [2.05, 4.69) is 0 Å². The fraction of sp³-hybridized carbons (Fsp3) is 0. The van der Waals surface area contributed by atoms with Gasteiger partial charge in [0.2, 0.25) is 5.82 Å². The first kappa shape index (κ1) is 17.3. The number of nitro groups is 1. The van der Waals surface area contributed by atoms with E-state index < -0.39 is 45.4 Å². The number of carbonyl (C=O) groups is 1. The lowest BCUT2D eigenvalue weighted by Gasteiger charge is -2.04. The average molecular weight is 343 g/mol. The number of nitrogens with zero attached hydrogens (tertiary/aromatic N) is 1. The van der Waals surface area contributed by atoms with Crippen molar-refractivity contribution in [2.75, 3.05) is 0 Å². The number of nitro benzene ring substituents is 1. The smallest absolute Gasteiger partial charge is 0.269 e. The molecule has 0 fully saturated rings. The Balaban J connectivity index is 2.34. The summed E-state index contributed by atoms with van der Waals surface area (Å²) in [5.41, 5.74) is -1.61. The Bertz CT molecular complexity index is 833. The van der Waals surface area contributed by atoms with Crippen molar-refractivity contribution in [2.24, 2.45) is 0 Å². The maximum Gasteiger partial charge on any atom is 0.269 e. The van der Waals surface area contributed by atoms with Crippen LogP contribution in [0.25, 0.3) is 6.08 Å². The van der Waals surface area contributed by atoms with Crippen molar-refractivity contribution in [3.05, 3.63) is 80.7 Å². The van der Waals surface area contributed by atoms with E-state index in [9.17, 15) is 36.9 Å². The van der Waals surface area contributed by atoms with Gasteiger partial charge in [-0.1, -0.05) is 0 Å². The Morgan fingerprint density at radius 1 is 0.875 bits per heavy atom. The van der Waals surface area contributed by atoms with Crippen LogP contribution in [0.1, 0.15) is 15.9 Å². The van der Waals surface area contributed by atoms with Gasteiger partial charge in [-0.15, -0.1) is 0 Å². The van der Waals surface area contributed by atoms with Gasteiger partial charge in [-0.3, -0.25) is 14.9 Å². The zero-order valence-corrected chi connectivity index (χ0v) is 11.5. The molecule has 2 aromatic rings. The summed E-state index contributed by atoms with van der Waals surface area (Å²) in [5.74, 6) is -11.5. The minimum Gasteiger partial charge on any atom is -0.289 e. The lowest BCUT2D eigenvalue weighted by atomic mass is 10.1. The van der Waals surface area contributed by atoms with E-state index in [4.69, 9.17) is 0 Å². The van der Waals surface area contributed by atoms with Crippen molar-refractivity contribution in [2.45, 2.75) is 0 Å². The van der Waals surface area contributed by atoms with Crippen LogP contribution in [0.5, 0.6) is 0 Å². The number of hydrogen-bond donors (Lipinski definition) is 0. The molecular formula is C15H6F5NO3. The molecule has 124 valence electrons. The predicted octanol–water partition coefficient (Wildman–Crippen LogP) is 4.19. The van der Waals surface area contributed by atoms with E-state index in [0.29, 0.717) is 12.2 Å². The normalized spacial score (nSPS) is 11.0. The molecule has 0 atom stereocenters. The molecule has 0 saturated heterocycles. The van der Waals surface area contributed by atoms with E-state index in [1.165, 1.54) is 0 Å². The van der Waals surface area contributed by atoms with Crippen molar-refractivity contribution < 1.29 is 31.7 Å². The quantitative estimate of drug-likeness (QED) is 0.159. The molecule has 0 aliphatic carbocycles. The van der Waals surface area contributed by atoms with Crippen LogP contribution in [0.4, 0.5) is 27.6 Å². The van der Waals surface area contributed by atoms with Crippen LogP contribution in [-0.2, 0) is 0 Å². The van der Waals surface area contributed by atoms with Crippen LogP contribution in [0.3, 0.4) is 0 Å². The van der Waals surface area contributed by atoms with E-state index >= 15 is 0 Å². The molecule has 2 aromatic carbocycles. The summed E-state index contributed by atoms with van der Waals surface area (Å²) >= 11 is 0. The minimum atomic E-state index is -2.30. The van der Waals surface area contributed by atoms with Gasteiger partial charge in [-0.05, 0) is 24.3 Å². The Kier molecular flexibility index (Phi) is 4.72. The van der Waals surface area contributed by atoms with E-state index in [1.54, 1.807) is 0 Å². The van der Waals surface area contributed by atoms with Crippen LogP contribution in [-0.4, -0.2) is 10.7 Å². The molecule has 2 rings (SSSR count). The molecule has 0 unspecified atom stereocenters. The Morgan fingerprint density at radius 3 is 1.79 bits per heavy atom. The molecule has 0 amide bonds. The second-order valence-electron chi connectivity index (χ2n) is 4.49. The summed E-state index contributed by atoms with van der Waals surface area (Å²) in [5, 5.41) is 10.5. The highest BCUT2D eigenvalue weighted by Gasteiger charge is 2.24. The molecule has 0 aliphatic heterocycles. The first-order chi connectivity index (χ1) is 11.2. The number of allylic oxidation sites excluding steroid dienone is 1. The SMILES string of the molecule is O=C(/C=C/c1c(F)c(F)c(F)c(F)c1F)c1ccc([N+](=O)[O-])cc1. The van der Waals surface area contributed by atoms with E-state index in [0.717, 1.165) is 24.3 Å². The highest BCUT2D eigenvalue weighted by atomic mass is 19.2. The van der Waals surface area contributed by atoms with Gasteiger partial charge in [0.25, 0.3) is 5.69 Å². The molecule has 0 aromatic heterocycles. The van der Waals surface area contributed by atoms with Crippen LogP contribution in [0.2, 0.25) is 0 Å². The second kappa shape index (κ2) is 6.57. The number of rotatable bonds is 4. The lowest BCUT2D eigenvalue weighted by molar-refractivity contribution is -0.384. The molecule has 0 heterocycles. The van der Waals surface area contributed by atoms with Crippen LogP contribution in [0.15, 0.2) is 30.3 Å². The van der Waals surface area contributed by atoms with Gasteiger partial charge in [-0.25, -0.2) is 22.0 Å². The number of ketones is 1. The third kappa shape index (κ3) is 3.14. The highest BCUT2D eigenvalue weighted by Crippen LogP contribution is 2.24. The van der Waals surface area contributed by atoms with Crippen LogP contribution in [0, 0.1) is 39.2 Å². The average Bonchev–Trinajstić information content (AvgIpc) is 2.58. The van der Waals surface area contributed by atoms with Crippen LogP contribution < -0.4 is 0 Å². The maximum atomic E-state index is 13.4. The van der Waals surface area contributed by atoms with Crippen LogP contribution >= 0.6 is 0 Å². The zero-order chi connectivity index (χ0) is 18.0. The third-order valence-corrected chi connectivity index (χ3v) is 3.01. The molecular weight excluding hydrogens is 337 g/mol. The minimum absolute atomic E-state index is 0.0688. The Labute approximate surface area is 131 Å². The monoisotopic (exact) mass is 343 g/mol. The summed E-state index contributed by atoms with van der Waals surface area (Å²) in [6.45, 7) is 0. The molecule has 24 heavy (non-hydrogen) atoms. The number of benzene rings is 2.